The molecule has 0 saturated heterocycles. The highest BCUT2D eigenvalue weighted by molar-refractivity contribution is 8.00. The summed E-state index contributed by atoms with van der Waals surface area (Å²) in [5, 5.41) is 4.22. The summed E-state index contributed by atoms with van der Waals surface area (Å²) in [5.74, 6) is 0.00712. The highest BCUT2D eigenvalue weighted by Crippen LogP contribution is 2.22. The third-order valence-electron chi connectivity index (χ3n) is 4.26. The van der Waals surface area contributed by atoms with Crippen LogP contribution >= 0.6 is 35.0 Å². The van der Waals surface area contributed by atoms with E-state index in [0.29, 0.717) is 23.0 Å². The normalized spacial score (nSPS) is 11.9. The van der Waals surface area contributed by atoms with Gasteiger partial charge in [0.15, 0.2) is 0 Å². The second kappa shape index (κ2) is 11.5. The number of carbonyl (C=O) groups is 2. The molecule has 2 rings (SSSR count). The van der Waals surface area contributed by atoms with Crippen molar-refractivity contribution in [3.63, 3.8) is 0 Å². The Morgan fingerprint density at radius 1 is 1.00 bits per heavy atom. The Balaban J connectivity index is 2.18. The van der Waals surface area contributed by atoms with Crippen LogP contribution in [-0.4, -0.2) is 34.6 Å². The molecular formula is C22H26Cl2N2O2S. The second-order valence-corrected chi connectivity index (χ2v) is 8.90. The first kappa shape index (κ1) is 23.6. The van der Waals surface area contributed by atoms with Gasteiger partial charge in [-0.25, -0.2) is 0 Å². The van der Waals surface area contributed by atoms with Crippen molar-refractivity contribution in [2.75, 3.05) is 5.75 Å². The zero-order valence-corrected chi connectivity index (χ0v) is 19.2. The number of amides is 2. The summed E-state index contributed by atoms with van der Waals surface area (Å²) in [7, 11) is 0. The van der Waals surface area contributed by atoms with Crippen LogP contribution in [0.1, 0.15) is 32.8 Å². The SMILES string of the molecule is CC[C@H](C(=O)NC(C)C)N(Cc1ccc(Cl)cc1)C(=O)CSc1ccc(Cl)cc1. The molecule has 0 aliphatic rings. The lowest BCUT2D eigenvalue weighted by molar-refractivity contribution is -0.139. The van der Waals surface area contributed by atoms with E-state index in [4.69, 9.17) is 23.2 Å². The number of hydrogen-bond acceptors (Lipinski definition) is 3. The van der Waals surface area contributed by atoms with E-state index in [9.17, 15) is 9.59 Å². The smallest absolute Gasteiger partial charge is 0.243 e. The summed E-state index contributed by atoms with van der Waals surface area (Å²) in [6, 6.07) is 14.2. The molecule has 7 heteroatoms. The van der Waals surface area contributed by atoms with Gasteiger partial charge >= 0.3 is 0 Å². The van der Waals surface area contributed by atoms with Gasteiger partial charge in [0.25, 0.3) is 0 Å². The Morgan fingerprint density at radius 2 is 1.55 bits per heavy atom. The van der Waals surface area contributed by atoms with Gasteiger partial charge in [-0.05, 0) is 62.2 Å². The lowest BCUT2D eigenvalue weighted by Crippen LogP contribution is -2.50. The van der Waals surface area contributed by atoms with Crippen molar-refractivity contribution in [3.8, 4) is 0 Å². The lowest BCUT2D eigenvalue weighted by Gasteiger charge is -2.31. The Bertz CT molecular complexity index is 811. The van der Waals surface area contributed by atoms with E-state index in [0.717, 1.165) is 10.5 Å². The lowest BCUT2D eigenvalue weighted by atomic mass is 10.1. The monoisotopic (exact) mass is 452 g/mol. The molecule has 0 aliphatic carbocycles. The first-order valence-electron chi connectivity index (χ1n) is 9.52. The molecule has 0 fully saturated rings. The van der Waals surface area contributed by atoms with Gasteiger partial charge in [0, 0.05) is 27.5 Å². The molecule has 0 radical (unpaired) electrons. The quantitative estimate of drug-likeness (QED) is 0.516. The molecule has 156 valence electrons. The van der Waals surface area contributed by atoms with Crippen LogP contribution in [0.25, 0.3) is 0 Å². The molecule has 0 aromatic heterocycles. The highest BCUT2D eigenvalue weighted by Gasteiger charge is 2.28. The van der Waals surface area contributed by atoms with Gasteiger partial charge in [-0.3, -0.25) is 9.59 Å². The van der Waals surface area contributed by atoms with E-state index >= 15 is 0 Å². The maximum Gasteiger partial charge on any atom is 0.243 e. The van der Waals surface area contributed by atoms with Crippen molar-refractivity contribution < 1.29 is 9.59 Å². The van der Waals surface area contributed by atoms with Crippen molar-refractivity contribution in [3.05, 3.63) is 64.1 Å². The van der Waals surface area contributed by atoms with Crippen LogP contribution < -0.4 is 5.32 Å². The minimum absolute atomic E-state index is 0.00692. The van der Waals surface area contributed by atoms with Crippen LogP contribution in [0.15, 0.2) is 53.4 Å². The molecule has 2 aromatic rings. The maximum atomic E-state index is 13.1. The predicted octanol–water partition coefficient (Wildman–Crippen LogP) is 5.42. The molecule has 0 unspecified atom stereocenters. The first-order chi connectivity index (χ1) is 13.8. The summed E-state index contributed by atoms with van der Waals surface area (Å²) < 4.78 is 0. The van der Waals surface area contributed by atoms with Gasteiger partial charge in [-0.15, -0.1) is 11.8 Å². The number of nitrogens with zero attached hydrogens (tertiary/aromatic N) is 1. The number of thioether (sulfide) groups is 1. The Hall–Kier alpha value is -1.69. The highest BCUT2D eigenvalue weighted by atomic mass is 35.5. The zero-order chi connectivity index (χ0) is 21.4. The van der Waals surface area contributed by atoms with Gasteiger partial charge in [0.2, 0.25) is 11.8 Å². The number of halogens is 2. The average Bonchev–Trinajstić information content (AvgIpc) is 2.68. The van der Waals surface area contributed by atoms with Gasteiger partial charge in [0.1, 0.15) is 6.04 Å². The minimum Gasteiger partial charge on any atom is -0.352 e. The van der Waals surface area contributed by atoms with Crippen LogP contribution in [-0.2, 0) is 16.1 Å². The standard InChI is InChI=1S/C22H26Cl2N2O2S/c1-4-20(22(28)25-15(2)3)26(13-16-5-7-17(23)8-6-16)21(27)14-29-19-11-9-18(24)10-12-19/h5-12,15,20H,4,13-14H2,1-3H3,(H,25,28)/t20-/m1/s1. The van der Waals surface area contributed by atoms with Crippen molar-refractivity contribution in [2.45, 2.75) is 50.7 Å². The van der Waals surface area contributed by atoms with Crippen LogP contribution in [0, 0.1) is 0 Å². The molecule has 1 atom stereocenters. The fourth-order valence-electron chi connectivity index (χ4n) is 2.85. The second-order valence-electron chi connectivity index (χ2n) is 6.98. The summed E-state index contributed by atoms with van der Waals surface area (Å²) in [6.45, 7) is 6.08. The molecule has 1 N–H and O–H groups in total. The van der Waals surface area contributed by atoms with E-state index in [1.165, 1.54) is 11.8 Å². The summed E-state index contributed by atoms with van der Waals surface area (Å²) in [4.78, 5) is 28.5. The minimum atomic E-state index is -0.536. The van der Waals surface area contributed by atoms with E-state index in [-0.39, 0.29) is 23.6 Å². The Kier molecular flexibility index (Phi) is 9.34. The average molecular weight is 453 g/mol. The van der Waals surface area contributed by atoms with E-state index < -0.39 is 6.04 Å². The van der Waals surface area contributed by atoms with Gasteiger partial charge in [-0.1, -0.05) is 42.3 Å². The van der Waals surface area contributed by atoms with Gasteiger partial charge < -0.3 is 10.2 Å². The summed E-state index contributed by atoms with van der Waals surface area (Å²) >= 11 is 13.3. The summed E-state index contributed by atoms with van der Waals surface area (Å²) in [5.41, 5.74) is 0.926. The Morgan fingerprint density at radius 3 is 2.07 bits per heavy atom. The number of carbonyl (C=O) groups excluding carboxylic acids is 2. The fraction of sp³-hybridized carbons (Fsp3) is 0.364. The van der Waals surface area contributed by atoms with E-state index in [2.05, 4.69) is 5.32 Å². The maximum absolute atomic E-state index is 13.1. The third-order valence-corrected chi connectivity index (χ3v) is 5.76. The van der Waals surface area contributed by atoms with Crippen LogP contribution in [0.3, 0.4) is 0 Å². The predicted molar refractivity (Wildman–Crippen MR) is 122 cm³/mol. The molecule has 0 saturated carbocycles. The molecule has 2 aromatic carbocycles. The van der Waals surface area contributed by atoms with Crippen LogP contribution in [0.2, 0.25) is 10.0 Å². The van der Waals surface area contributed by atoms with Crippen LogP contribution in [0.5, 0.6) is 0 Å². The molecule has 2 amide bonds. The number of nitrogens with one attached hydrogen (secondary N) is 1. The molecule has 4 nitrogen and oxygen atoms in total. The molecule has 0 aliphatic heterocycles. The van der Waals surface area contributed by atoms with E-state index in [1.807, 2.05) is 45.0 Å². The van der Waals surface area contributed by atoms with Crippen molar-refractivity contribution in [1.82, 2.24) is 10.2 Å². The van der Waals surface area contributed by atoms with Gasteiger partial charge in [0.05, 0.1) is 5.75 Å². The Labute approximate surface area is 187 Å². The number of rotatable bonds is 9. The molecule has 0 spiro atoms. The topological polar surface area (TPSA) is 49.4 Å². The third kappa shape index (κ3) is 7.57. The molecule has 0 heterocycles. The largest absolute Gasteiger partial charge is 0.352 e. The van der Waals surface area contributed by atoms with Crippen molar-refractivity contribution in [1.29, 1.82) is 0 Å². The first-order valence-corrected chi connectivity index (χ1v) is 11.3. The molecular weight excluding hydrogens is 427 g/mol. The van der Waals surface area contributed by atoms with Gasteiger partial charge in [-0.2, -0.15) is 0 Å². The molecule has 29 heavy (non-hydrogen) atoms. The summed E-state index contributed by atoms with van der Waals surface area (Å²) in [6.07, 6.45) is 0.531. The molecule has 0 bridgehead atoms. The fourth-order valence-corrected chi connectivity index (χ4v) is 3.88. The van der Waals surface area contributed by atoms with E-state index in [1.54, 1.807) is 29.2 Å². The number of benzene rings is 2. The zero-order valence-electron chi connectivity index (χ0n) is 16.8. The van der Waals surface area contributed by atoms with Crippen molar-refractivity contribution in [2.24, 2.45) is 0 Å². The van der Waals surface area contributed by atoms with Crippen molar-refractivity contribution >= 4 is 46.8 Å². The number of hydrogen-bond donors (Lipinski definition) is 1. The van der Waals surface area contributed by atoms with Crippen LogP contribution in [0.4, 0.5) is 0 Å².